The Morgan fingerprint density at radius 1 is 1.12 bits per heavy atom. The number of ether oxygens (including phenoxy) is 1. The Morgan fingerprint density at radius 3 is 2.21 bits per heavy atom. The summed E-state index contributed by atoms with van der Waals surface area (Å²) < 4.78 is 92.1. The number of benzene rings is 1. The molecule has 0 aromatic heterocycles. The molecule has 0 aliphatic carbocycles. The zero-order valence-corrected chi connectivity index (χ0v) is 13.9. The molecule has 0 aliphatic rings. The predicted octanol–water partition coefficient (Wildman–Crippen LogP) is 1.45. The summed E-state index contributed by atoms with van der Waals surface area (Å²) in [6.45, 7) is 0.262. The highest BCUT2D eigenvalue weighted by molar-refractivity contribution is 7.92. The molecule has 0 fully saturated rings. The number of sulfonamides is 1. The van der Waals surface area contributed by atoms with Gasteiger partial charge in [0.05, 0.1) is 6.61 Å². The average Bonchev–Trinajstić information content (AvgIpc) is 2.45. The molecule has 0 unspecified atom stereocenters. The van der Waals surface area contributed by atoms with Gasteiger partial charge in [-0.25, -0.2) is 13.1 Å². The fourth-order valence-electron chi connectivity index (χ4n) is 1.31. The smallest absolute Gasteiger partial charge is 0.383 e. The molecular formula is C12H14F3NO6S2. The quantitative estimate of drug-likeness (QED) is 0.411. The van der Waals surface area contributed by atoms with Crippen molar-refractivity contribution in [2.24, 2.45) is 0 Å². The minimum absolute atomic E-state index is 0.0747. The zero-order valence-electron chi connectivity index (χ0n) is 12.3. The van der Waals surface area contributed by atoms with E-state index in [1.54, 1.807) is 0 Å². The molecule has 0 spiro atoms. The van der Waals surface area contributed by atoms with Gasteiger partial charge < -0.3 is 8.92 Å². The van der Waals surface area contributed by atoms with Gasteiger partial charge in [0.15, 0.2) is 0 Å². The second-order valence-electron chi connectivity index (χ2n) is 4.29. The molecule has 1 rings (SSSR count). The van der Waals surface area contributed by atoms with Crippen LogP contribution >= 0.6 is 0 Å². The van der Waals surface area contributed by atoms with Crippen LogP contribution in [0.15, 0.2) is 29.7 Å². The van der Waals surface area contributed by atoms with Crippen LogP contribution in [0, 0.1) is 0 Å². The van der Waals surface area contributed by atoms with Crippen molar-refractivity contribution >= 4 is 26.2 Å². The largest absolute Gasteiger partial charge is 0.534 e. The van der Waals surface area contributed by atoms with E-state index in [0.29, 0.717) is 5.56 Å². The Kier molecular flexibility index (Phi) is 6.77. The SMILES string of the molecule is COCCNS(=O)(=O)/C=C/c1ccc(OS(=O)(=O)C(F)(F)F)cc1. The Morgan fingerprint density at radius 2 is 1.71 bits per heavy atom. The van der Waals surface area contributed by atoms with Gasteiger partial charge >= 0.3 is 15.6 Å². The third-order valence-electron chi connectivity index (χ3n) is 2.42. The van der Waals surface area contributed by atoms with Crippen LogP contribution in [0.2, 0.25) is 0 Å². The first kappa shape index (κ1) is 20.4. The highest BCUT2D eigenvalue weighted by Gasteiger charge is 2.48. The lowest BCUT2D eigenvalue weighted by atomic mass is 10.2. The number of hydrogen-bond donors (Lipinski definition) is 1. The van der Waals surface area contributed by atoms with Crippen molar-refractivity contribution in [1.82, 2.24) is 4.72 Å². The van der Waals surface area contributed by atoms with E-state index in [-0.39, 0.29) is 13.2 Å². The minimum atomic E-state index is -5.75. The molecule has 12 heteroatoms. The third-order valence-corrected chi connectivity index (χ3v) is 4.50. The summed E-state index contributed by atoms with van der Waals surface area (Å²) in [7, 11) is -8.04. The summed E-state index contributed by atoms with van der Waals surface area (Å²) in [6, 6.07) is 4.33. The first-order valence-corrected chi connectivity index (χ1v) is 9.20. The summed E-state index contributed by atoms with van der Waals surface area (Å²) in [6.07, 6.45) is 1.18. The predicted molar refractivity (Wildman–Crippen MR) is 79.9 cm³/mol. The van der Waals surface area contributed by atoms with Crippen molar-refractivity contribution in [3.63, 3.8) is 0 Å². The molecule has 24 heavy (non-hydrogen) atoms. The molecule has 1 aromatic rings. The van der Waals surface area contributed by atoms with E-state index in [0.717, 1.165) is 17.5 Å². The van der Waals surface area contributed by atoms with E-state index in [2.05, 4.69) is 13.6 Å². The van der Waals surface area contributed by atoms with Gasteiger partial charge in [-0.2, -0.15) is 21.6 Å². The number of halogens is 3. The van der Waals surface area contributed by atoms with Gasteiger partial charge in [0, 0.05) is 19.1 Å². The Balaban J connectivity index is 2.77. The van der Waals surface area contributed by atoms with Crippen LogP contribution in [0.4, 0.5) is 13.2 Å². The highest BCUT2D eigenvalue weighted by Crippen LogP contribution is 2.27. The Labute approximate surface area is 137 Å². The second kappa shape index (κ2) is 7.96. The molecule has 1 N–H and O–H groups in total. The molecule has 0 saturated heterocycles. The summed E-state index contributed by atoms with van der Waals surface area (Å²) in [5, 5.41) is 0.852. The zero-order chi connectivity index (χ0) is 18.4. The number of nitrogens with one attached hydrogen (secondary N) is 1. The molecule has 0 amide bonds. The normalized spacial score (nSPS) is 13.3. The molecule has 0 saturated carbocycles. The highest BCUT2D eigenvalue weighted by atomic mass is 32.2. The maximum absolute atomic E-state index is 12.2. The van der Waals surface area contributed by atoms with E-state index < -0.39 is 31.4 Å². The standard InChI is InChI=1S/C12H14F3NO6S2/c1-21-8-7-16-23(17,18)9-6-10-2-4-11(5-3-10)22-24(19,20)12(13,14)15/h2-6,9,16H,7-8H2,1H3/b9-6+. The Hall–Kier alpha value is -1.63. The van der Waals surface area contributed by atoms with Crippen molar-refractivity contribution in [1.29, 1.82) is 0 Å². The molecular weight excluding hydrogens is 375 g/mol. The molecule has 0 aliphatic heterocycles. The van der Waals surface area contributed by atoms with Crippen LogP contribution in [0.25, 0.3) is 6.08 Å². The van der Waals surface area contributed by atoms with Gasteiger partial charge in [-0.05, 0) is 23.8 Å². The van der Waals surface area contributed by atoms with Gasteiger partial charge in [-0.1, -0.05) is 12.1 Å². The maximum atomic E-state index is 12.2. The van der Waals surface area contributed by atoms with E-state index in [9.17, 15) is 30.0 Å². The van der Waals surface area contributed by atoms with Gasteiger partial charge in [0.2, 0.25) is 10.0 Å². The fraction of sp³-hybridized carbons (Fsp3) is 0.333. The summed E-state index contributed by atoms with van der Waals surface area (Å²) >= 11 is 0. The van der Waals surface area contributed by atoms with Crippen molar-refractivity contribution in [3.8, 4) is 5.75 Å². The van der Waals surface area contributed by atoms with Crippen molar-refractivity contribution in [3.05, 3.63) is 35.2 Å². The lowest BCUT2D eigenvalue weighted by molar-refractivity contribution is -0.0500. The summed E-state index contributed by atoms with van der Waals surface area (Å²) in [4.78, 5) is 0. The number of hydrogen-bond acceptors (Lipinski definition) is 6. The monoisotopic (exact) mass is 389 g/mol. The number of rotatable bonds is 8. The van der Waals surface area contributed by atoms with Crippen molar-refractivity contribution in [2.75, 3.05) is 20.3 Å². The molecule has 0 atom stereocenters. The summed E-state index contributed by atoms with van der Waals surface area (Å²) in [5.74, 6) is -0.550. The van der Waals surface area contributed by atoms with Crippen molar-refractivity contribution < 1.29 is 38.9 Å². The third kappa shape index (κ3) is 6.47. The maximum Gasteiger partial charge on any atom is 0.534 e. The van der Waals surface area contributed by atoms with E-state index in [1.165, 1.54) is 25.3 Å². The minimum Gasteiger partial charge on any atom is -0.383 e. The van der Waals surface area contributed by atoms with Crippen LogP contribution in [0.5, 0.6) is 5.75 Å². The van der Waals surface area contributed by atoms with Gasteiger partial charge in [0.25, 0.3) is 0 Å². The lowest BCUT2D eigenvalue weighted by Gasteiger charge is -2.09. The first-order valence-electron chi connectivity index (χ1n) is 6.24. The second-order valence-corrected chi connectivity index (χ2v) is 7.48. The van der Waals surface area contributed by atoms with Crippen LogP contribution in [0.3, 0.4) is 0 Å². The van der Waals surface area contributed by atoms with E-state index in [4.69, 9.17) is 0 Å². The van der Waals surface area contributed by atoms with Crippen LogP contribution in [-0.2, 0) is 24.9 Å². The molecule has 0 heterocycles. The number of alkyl halides is 3. The molecule has 136 valence electrons. The van der Waals surface area contributed by atoms with E-state index in [1.807, 2.05) is 0 Å². The van der Waals surface area contributed by atoms with Crippen LogP contribution in [-0.4, -0.2) is 42.6 Å². The van der Waals surface area contributed by atoms with Gasteiger partial charge in [-0.3, -0.25) is 0 Å². The Bertz CT molecular complexity index is 770. The average molecular weight is 389 g/mol. The molecule has 7 nitrogen and oxygen atoms in total. The fourth-order valence-corrected chi connectivity index (χ4v) is 2.57. The first-order chi connectivity index (χ1) is 11.0. The van der Waals surface area contributed by atoms with Crippen molar-refractivity contribution in [2.45, 2.75) is 5.51 Å². The van der Waals surface area contributed by atoms with Gasteiger partial charge in [0.1, 0.15) is 5.75 Å². The molecule has 1 aromatic carbocycles. The number of methoxy groups -OCH3 is 1. The molecule has 0 bridgehead atoms. The van der Waals surface area contributed by atoms with E-state index >= 15 is 0 Å². The van der Waals surface area contributed by atoms with Crippen LogP contribution < -0.4 is 8.91 Å². The summed E-state index contributed by atoms with van der Waals surface area (Å²) in [5.41, 5.74) is -5.23. The molecule has 0 radical (unpaired) electrons. The van der Waals surface area contributed by atoms with Gasteiger partial charge in [-0.15, -0.1) is 0 Å². The topological polar surface area (TPSA) is 98.8 Å². The lowest BCUT2D eigenvalue weighted by Crippen LogP contribution is -2.28. The van der Waals surface area contributed by atoms with Crippen LogP contribution in [0.1, 0.15) is 5.56 Å².